The fraction of sp³-hybridized carbons (Fsp3) is 0.355. The van der Waals surface area contributed by atoms with Gasteiger partial charge in [-0.15, -0.1) is 11.8 Å². The number of nitrogens with one attached hydrogen (secondary N) is 1. The lowest BCUT2D eigenvalue weighted by Crippen LogP contribution is -2.52. The number of hydrogen-bond donors (Lipinski definition) is 1. The van der Waals surface area contributed by atoms with E-state index in [1.54, 1.807) is 67.8 Å². The first kappa shape index (κ1) is 32.0. The van der Waals surface area contributed by atoms with E-state index in [2.05, 4.69) is 5.32 Å². The lowest BCUT2D eigenvalue weighted by Gasteiger charge is -2.33. The van der Waals surface area contributed by atoms with Crippen molar-refractivity contribution >= 4 is 39.3 Å². The summed E-state index contributed by atoms with van der Waals surface area (Å²) in [4.78, 5) is 29.8. The van der Waals surface area contributed by atoms with E-state index in [0.717, 1.165) is 26.7 Å². The van der Waals surface area contributed by atoms with E-state index >= 15 is 0 Å². The Morgan fingerprint density at radius 1 is 0.951 bits per heavy atom. The van der Waals surface area contributed by atoms with Gasteiger partial charge in [0.1, 0.15) is 18.3 Å². The van der Waals surface area contributed by atoms with E-state index < -0.39 is 28.5 Å². The van der Waals surface area contributed by atoms with Crippen molar-refractivity contribution in [2.45, 2.75) is 56.0 Å². The highest BCUT2D eigenvalue weighted by atomic mass is 32.2. The molecule has 0 aliphatic rings. The van der Waals surface area contributed by atoms with Crippen LogP contribution in [0, 0.1) is 6.92 Å². The topological polar surface area (TPSA) is 96.0 Å². The van der Waals surface area contributed by atoms with Crippen LogP contribution in [-0.4, -0.2) is 57.6 Å². The number of carbonyl (C=O) groups excluding carboxylic acids is 2. The largest absolute Gasteiger partial charge is 0.497 e. The van der Waals surface area contributed by atoms with Gasteiger partial charge in [0.05, 0.1) is 17.7 Å². The minimum atomic E-state index is -4.11. The van der Waals surface area contributed by atoms with Crippen LogP contribution >= 0.6 is 11.8 Å². The summed E-state index contributed by atoms with van der Waals surface area (Å²) >= 11 is 1.51. The number of anilines is 1. The van der Waals surface area contributed by atoms with Gasteiger partial charge in [0, 0.05) is 18.0 Å². The molecule has 1 N–H and O–H groups in total. The van der Waals surface area contributed by atoms with E-state index in [9.17, 15) is 18.0 Å². The molecule has 0 aliphatic carbocycles. The van der Waals surface area contributed by atoms with Crippen LogP contribution in [0.3, 0.4) is 0 Å². The number of hydrogen-bond acceptors (Lipinski definition) is 6. The Morgan fingerprint density at radius 3 is 2.12 bits per heavy atom. The highest BCUT2D eigenvalue weighted by Crippen LogP contribution is 2.27. The van der Waals surface area contributed by atoms with E-state index in [-0.39, 0.29) is 17.3 Å². The van der Waals surface area contributed by atoms with Crippen molar-refractivity contribution in [2.75, 3.05) is 30.8 Å². The third-order valence-corrected chi connectivity index (χ3v) is 9.23. The van der Waals surface area contributed by atoms with E-state index in [0.29, 0.717) is 24.4 Å². The second kappa shape index (κ2) is 14.9. The first-order valence-corrected chi connectivity index (χ1v) is 16.2. The van der Waals surface area contributed by atoms with Gasteiger partial charge in [0.2, 0.25) is 11.8 Å². The zero-order valence-electron chi connectivity index (χ0n) is 24.3. The quantitative estimate of drug-likeness (QED) is 0.255. The maximum absolute atomic E-state index is 14.1. The molecule has 3 aromatic carbocycles. The van der Waals surface area contributed by atoms with Crippen LogP contribution in [0.4, 0.5) is 5.69 Å². The molecule has 2 amide bonds. The number of sulfonamides is 1. The van der Waals surface area contributed by atoms with Crippen LogP contribution in [0.2, 0.25) is 0 Å². The fourth-order valence-electron chi connectivity index (χ4n) is 4.33. The van der Waals surface area contributed by atoms with Gasteiger partial charge in [-0.25, -0.2) is 8.42 Å². The number of methoxy groups -OCH3 is 1. The molecule has 0 fully saturated rings. The summed E-state index contributed by atoms with van der Waals surface area (Å²) in [5, 5.41) is 2.89. The molecular formula is C31H39N3O5S2. The van der Waals surface area contributed by atoms with Gasteiger partial charge in [-0.1, -0.05) is 43.7 Å². The summed E-state index contributed by atoms with van der Waals surface area (Å²) in [5.74, 6) is -0.0821. The van der Waals surface area contributed by atoms with Crippen LogP contribution in [-0.2, 0) is 26.2 Å². The van der Waals surface area contributed by atoms with Crippen molar-refractivity contribution in [1.29, 1.82) is 0 Å². The van der Waals surface area contributed by atoms with Gasteiger partial charge in [-0.2, -0.15) is 0 Å². The first-order chi connectivity index (χ1) is 19.6. The summed E-state index contributed by atoms with van der Waals surface area (Å²) < 4.78 is 34.3. The molecule has 1 unspecified atom stereocenters. The van der Waals surface area contributed by atoms with Crippen LogP contribution < -0.4 is 14.4 Å². The molecule has 0 aromatic heterocycles. The van der Waals surface area contributed by atoms with E-state index in [1.165, 1.54) is 16.7 Å². The Kier molecular flexibility index (Phi) is 11.7. The smallest absolute Gasteiger partial charge is 0.264 e. The highest BCUT2D eigenvalue weighted by molar-refractivity contribution is 7.98. The Labute approximate surface area is 248 Å². The number of benzene rings is 3. The molecule has 0 bridgehead atoms. The number of rotatable bonds is 14. The summed E-state index contributed by atoms with van der Waals surface area (Å²) in [6.07, 6.45) is 3.03. The van der Waals surface area contributed by atoms with Gasteiger partial charge < -0.3 is 15.0 Å². The van der Waals surface area contributed by atoms with Crippen LogP contribution in [0.25, 0.3) is 0 Å². The number of aryl methyl sites for hydroxylation is 1. The monoisotopic (exact) mass is 597 g/mol. The molecule has 10 heteroatoms. The highest BCUT2D eigenvalue weighted by Gasteiger charge is 2.33. The number of carbonyl (C=O) groups is 2. The minimum Gasteiger partial charge on any atom is -0.497 e. The zero-order valence-corrected chi connectivity index (χ0v) is 25.9. The normalized spacial score (nSPS) is 11.9. The van der Waals surface area contributed by atoms with E-state index in [4.69, 9.17) is 4.74 Å². The van der Waals surface area contributed by atoms with Crippen LogP contribution in [0.15, 0.2) is 82.6 Å². The zero-order chi connectivity index (χ0) is 30.0. The predicted molar refractivity (Wildman–Crippen MR) is 165 cm³/mol. The Balaban J connectivity index is 2.04. The third-order valence-electron chi connectivity index (χ3n) is 6.70. The summed E-state index contributed by atoms with van der Waals surface area (Å²) in [7, 11) is -2.54. The molecule has 3 aromatic rings. The average molecular weight is 598 g/mol. The van der Waals surface area contributed by atoms with Crippen molar-refractivity contribution in [1.82, 2.24) is 10.2 Å². The van der Waals surface area contributed by atoms with Crippen molar-refractivity contribution < 1.29 is 22.7 Å². The second-order valence-corrected chi connectivity index (χ2v) is 12.3. The first-order valence-electron chi connectivity index (χ1n) is 13.6. The van der Waals surface area contributed by atoms with E-state index in [1.807, 2.05) is 39.2 Å². The number of amides is 2. The standard InChI is InChI=1S/C31H39N3O5S2/c1-6-20-32-31(36)29(7-2)33(21-24-10-14-26(39-4)15-11-24)30(35)22-34(25-12-8-23(3)9-13-25)41(37,38)28-18-16-27(40-5)17-19-28/h8-19,29H,6-7,20-22H2,1-5H3,(H,32,36). The van der Waals surface area contributed by atoms with Crippen molar-refractivity contribution in [3.63, 3.8) is 0 Å². The SMILES string of the molecule is CCCNC(=O)C(CC)N(Cc1ccc(OC)cc1)C(=O)CN(c1ccc(C)cc1)S(=O)(=O)c1ccc(SC)cc1. The lowest BCUT2D eigenvalue weighted by atomic mass is 10.1. The lowest BCUT2D eigenvalue weighted by molar-refractivity contribution is -0.140. The number of thioether (sulfide) groups is 1. The molecule has 0 saturated heterocycles. The summed E-state index contributed by atoms with van der Waals surface area (Å²) in [6, 6.07) is 20.0. The Hall–Kier alpha value is -3.50. The molecule has 8 nitrogen and oxygen atoms in total. The van der Waals surface area contributed by atoms with Gasteiger partial charge in [-0.3, -0.25) is 13.9 Å². The summed E-state index contributed by atoms with van der Waals surface area (Å²) in [6.45, 7) is 5.85. The van der Waals surface area contributed by atoms with Crippen molar-refractivity contribution in [3.8, 4) is 5.75 Å². The maximum atomic E-state index is 14.1. The molecule has 0 saturated carbocycles. The minimum absolute atomic E-state index is 0.0816. The average Bonchev–Trinajstić information content (AvgIpc) is 2.99. The van der Waals surface area contributed by atoms with Crippen LogP contribution in [0.1, 0.15) is 37.8 Å². The number of nitrogens with zero attached hydrogens (tertiary/aromatic N) is 2. The molecule has 220 valence electrons. The Morgan fingerprint density at radius 2 is 1.59 bits per heavy atom. The van der Waals surface area contributed by atoms with Crippen molar-refractivity contribution in [2.24, 2.45) is 0 Å². The predicted octanol–water partition coefficient (Wildman–Crippen LogP) is 5.25. The maximum Gasteiger partial charge on any atom is 0.264 e. The fourth-order valence-corrected chi connectivity index (χ4v) is 6.15. The van der Waals surface area contributed by atoms with Gasteiger partial charge >= 0.3 is 0 Å². The molecule has 1 atom stereocenters. The molecule has 0 aliphatic heterocycles. The third kappa shape index (κ3) is 8.27. The number of ether oxygens (including phenoxy) is 1. The van der Waals surface area contributed by atoms with Gasteiger partial charge in [0.15, 0.2) is 0 Å². The molecule has 0 heterocycles. The molecule has 0 radical (unpaired) electrons. The van der Waals surface area contributed by atoms with Gasteiger partial charge in [-0.05, 0) is 80.1 Å². The molecule has 0 spiro atoms. The van der Waals surface area contributed by atoms with Crippen molar-refractivity contribution in [3.05, 3.63) is 83.9 Å². The summed E-state index contributed by atoms with van der Waals surface area (Å²) in [5.41, 5.74) is 2.12. The van der Waals surface area contributed by atoms with Crippen LogP contribution in [0.5, 0.6) is 5.75 Å². The Bertz CT molecular complexity index is 1390. The molecule has 41 heavy (non-hydrogen) atoms. The second-order valence-electron chi connectivity index (χ2n) is 9.61. The van der Waals surface area contributed by atoms with Gasteiger partial charge in [0.25, 0.3) is 10.0 Å². The molecular weight excluding hydrogens is 558 g/mol. The molecule has 3 rings (SSSR count).